The third kappa shape index (κ3) is 2.90. The van der Waals surface area contributed by atoms with Crippen molar-refractivity contribution in [1.29, 1.82) is 0 Å². The Morgan fingerprint density at radius 1 is 0.950 bits per heavy atom. The van der Waals surface area contributed by atoms with Gasteiger partial charge in [0, 0.05) is 11.1 Å². The predicted octanol–water partition coefficient (Wildman–Crippen LogP) is 6.49. The Labute approximate surface area is 139 Å². The third-order valence-corrected chi connectivity index (χ3v) is 4.22. The van der Waals surface area contributed by atoms with Crippen molar-refractivity contribution in [3.8, 4) is 11.1 Å². The lowest BCUT2D eigenvalue weighted by Gasteiger charge is -2.11. The summed E-state index contributed by atoms with van der Waals surface area (Å²) in [5.74, 6) is -0.732. The van der Waals surface area contributed by atoms with Gasteiger partial charge in [0.15, 0.2) is 0 Å². The second kappa shape index (κ2) is 6.08. The van der Waals surface area contributed by atoms with Crippen LogP contribution in [0.1, 0.15) is 10.4 Å². The van der Waals surface area contributed by atoms with E-state index in [-0.39, 0.29) is 36.8 Å². The van der Waals surface area contributed by atoms with Gasteiger partial charge in [-0.2, -0.15) is 0 Å². The van der Waals surface area contributed by atoms with Crippen LogP contribution in [-0.2, 0) is 0 Å². The van der Waals surface area contributed by atoms with Gasteiger partial charge in [-0.25, -0.2) is 4.39 Å². The number of rotatable bonds is 2. The summed E-state index contributed by atoms with van der Waals surface area (Å²) in [4.78, 5) is 11.1. The molecule has 0 unspecified atom stereocenters. The summed E-state index contributed by atoms with van der Waals surface area (Å²) < 4.78 is 14.1. The van der Waals surface area contributed by atoms with Crippen molar-refractivity contribution in [2.24, 2.45) is 0 Å². The molecule has 0 aliphatic rings. The lowest BCUT2D eigenvalue weighted by Crippen LogP contribution is -1.95. The van der Waals surface area contributed by atoms with Gasteiger partial charge in [0.1, 0.15) is 5.82 Å². The minimum atomic E-state index is -0.858. The summed E-state index contributed by atoms with van der Waals surface area (Å²) >= 11 is 29.1. The first-order chi connectivity index (χ1) is 9.32. The molecule has 0 aromatic heterocycles. The van der Waals surface area contributed by atoms with E-state index in [1.807, 2.05) is 0 Å². The van der Waals surface area contributed by atoms with E-state index >= 15 is 0 Å². The first-order valence-corrected chi connectivity index (χ1v) is 7.04. The van der Waals surface area contributed by atoms with Crippen LogP contribution in [0.15, 0.2) is 24.3 Å². The van der Waals surface area contributed by atoms with Crippen LogP contribution < -0.4 is 0 Å². The van der Waals surface area contributed by atoms with Gasteiger partial charge in [0.2, 0.25) is 0 Å². The number of benzene rings is 2. The molecular weight excluding hydrogens is 368 g/mol. The summed E-state index contributed by atoms with van der Waals surface area (Å²) in [7, 11) is 0. The molecule has 0 saturated heterocycles. The van der Waals surface area contributed by atoms with Crippen molar-refractivity contribution in [3.05, 3.63) is 55.7 Å². The molecule has 0 atom stereocenters. The minimum absolute atomic E-state index is 0.00601. The Kier molecular flexibility index (Phi) is 4.83. The Bertz CT molecular complexity index is 714. The van der Waals surface area contributed by atoms with Gasteiger partial charge < -0.3 is 0 Å². The summed E-state index contributed by atoms with van der Waals surface area (Å²) in [6.45, 7) is 0. The molecule has 0 bridgehead atoms. The fourth-order valence-corrected chi connectivity index (χ4v) is 2.85. The molecule has 2 rings (SSSR count). The highest BCUT2D eigenvalue weighted by atomic mass is 35.5. The van der Waals surface area contributed by atoms with E-state index in [0.717, 1.165) is 6.07 Å². The quantitative estimate of drug-likeness (QED) is 0.435. The summed E-state index contributed by atoms with van der Waals surface area (Å²) in [6, 6.07) is 5.14. The molecular formula is C13H4Cl5FO. The number of carbonyl (C=O) groups excluding carboxylic acids is 1. The number of hydrogen-bond donors (Lipinski definition) is 0. The Hall–Kier alpha value is -0.510. The predicted molar refractivity (Wildman–Crippen MR) is 82.1 cm³/mol. The molecule has 0 spiro atoms. The van der Waals surface area contributed by atoms with Crippen molar-refractivity contribution < 1.29 is 9.18 Å². The number of halogens is 6. The fraction of sp³-hybridized carbons (Fsp3) is 0. The Balaban J connectivity index is 2.75. The van der Waals surface area contributed by atoms with Gasteiger partial charge in [0.25, 0.3) is 5.24 Å². The van der Waals surface area contributed by atoms with Crippen molar-refractivity contribution >= 4 is 63.2 Å². The monoisotopic (exact) mass is 370 g/mol. The molecule has 0 heterocycles. The van der Waals surface area contributed by atoms with Crippen molar-refractivity contribution in [2.75, 3.05) is 0 Å². The van der Waals surface area contributed by atoms with Gasteiger partial charge in [-0.3, -0.25) is 4.79 Å². The van der Waals surface area contributed by atoms with Gasteiger partial charge in [0.05, 0.1) is 25.7 Å². The largest absolute Gasteiger partial charge is 0.276 e. The van der Waals surface area contributed by atoms with Gasteiger partial charge in [-0.05, 0) is 35.9 Å². The highest BCUT2D eigenvalue weighted by Crippen LogP contribution is 2.41. The zero-order valence-corrected chi connectivity index (χ0v) is 13.3. The van der Waals surface area contributed by atoms with Crippen LogP contribution in [-0.4, -0.2) is 5.24 Å². The zero-order valence-electron chi connectivity index (χ0n) is 9.49. The van der Waals surface area contributed by atoms with Crippen LogP contribution in [0.5, 0.6) is 0 Å². The topological polar surface area (TPSA) is 17.1 Å². The highest BCUT2D eigenvalue weighted by molar-refractivity contribution is 6.68. The molecule has 104 valence electrons. The van der Waals surface area contributed by atoms with Gasteiger partial charge in [-0.15, -0.1) is 0 Å². The number of hydrogen-bond acceptors (Lipinski definition) is 1. The summed E-state index contributed by atoms with van der Waals surface area (Å²) in [5, 5.41) is -0.338. The maximum absolute atomic E-state index is 14.1. The fourth-order valence-electron chi connectivity index (χ4n) is 1.66. The average molecular weight is 372 g/mol. The molecule has 0 aliphatic carbocycles. The highest BCUT2D eigenvalue weighted by Gasteiger charge is 2.19. The van der Waals surface area contributed by atoms with E-state index in [1.54, 1.807) is 0 Å². The maximum atomic E-state index is 14.1. The second-order valence-electron chi connectivity index (χ2n) is 3.80. The van der Waals surface area contributed by atoms with E-state index in [0.29, 0.717) is 0 Å². The van der Waals surface area contributed by atoms with E-state index in [2.05, 4.69) is 0 Å². The van der Waals surface area contributed by atoms with Crippen LogP contribution in [0.2, 0.25) is 20.1 Å². The Morgan fingerprint density at radius 2 is 1.55 bits per heavy atom. The van der Waals surface area contributed by atoms with Crippen molar-refractivity contribution in [3.63, 3.8) is 0 Å². The summed E-state index contributed by atoms with van der Waals surface area (Å²) in [6.07, 6.45) is 0. The van der Waals surface area contributed by atoms with E-state index in [9.17, 15) is 9.18 Å². The molecule has 0 saturated carbocycles. The number of carbonyl (C=O) groups is 1. The molecule has 0 fully saturated rings. The minimum Gasteiger partial charge on any atom is -0.276 e. The molecule has 20 heavy (non-hydrogen) atoms. The SMILES string of the molecule is O=C(Cl)c1cc(F)c(-c2c(Cl)ccc(Cl)c2Cl)cc1Cl. The van der Waals surface area contributed by atoms with Crippen LogP contribution in [0, 0.1) is 5.82 Å². The lowest BCUT2D eigenvalue weighted by atomic mass is 10.0. The van der Waals surface area contributed by atoms with E-state index < -0.39 is 11.1 Å². The zero-order chi connectivity index (χ0) is 15.0. The molecule has 2 aromatic carbocycles. The molecule has 0 amide bonds. The normalized spacial score (nSPS) is 10.7. The molecule has 7 heteroatoms. The van der Waals surface area contributed by atoms with Gasteiger partial charge in [-0.1, -0.05) is 46.4 Å². The smallest absolute Gasteiger partial charge is 0.253 e. The maximum Gasteiger partial charge on any atom is 0.253 e. The van der Waals surface area contributed by atoms with Crippen LogP contribution >= 0.6 is 58.0 Å². The molecule has 2 aromatic rings. The second-order valence-corrected chi connectivity index (χ2v) is 5.75. The molecule has 0 aliphatic heterocycles. The summed E-state index contributed by atoms with van der Waals surface area (Å²) in [5.41, 5.74) is 0.104. The molecule has 0 radical (unpaired) electrons. The van der Waals surface area contributed by atoms with E-state index in [4.69, 9.17) is 58.0 Å². The van der Waals surface area contributed by atoms with Crippen LogP contribution in [0.25, 0.3) is 11.1 Å². The van der Waals surface area contributed by atoms with Crippen LogP contribution in [0.4, 0.5) is 4.39 Å². The first kappa shape index (κ1) is 15.9. The first-order valence-electron chi connectivity index (χ1n) is 5.15. The van der Waals surface area contributed by atoms with Crippen molar-refractivity contribution in [1.82, 2.24) is 0 Å². The van der Waals surface area contributed by atoms with Crippen molar-refractivity contribution in [2.45, 2.75) is 0 Å². The standard InChI is InChI=1S/C13H4Cl5FO/c14-7-1-2-8(15)12(17)11(7)6-3-9(16)5(13(18)20)4-10(6)19/h1-4H. The average Bonchev–Trinajstić information content (AvgIpc) is 2.37. The van der Waals surface area contributed by atoms with E-state index in [1.165, 1.54) is 18.2 Å². The molecule has 0 N–H and O–H groups in total. The Morgan fingerprint density at radius 3 is 2.15 bits per heavy atom. The van der Waals surface area contributed by atoms with Crippen LogP contribution in [0.3, 0.4) is 0 Å². The lowest BCUT2D eigenvalue weighted by molar-refractivity contribution is 0.108. The molecule has 1 nitrogen and oxygen atoms in total. The third-order valence-electron chi connectivity index (χ3n) is 2.58. The van der Waals surface area contributed by atoms with Gasteiger partial charge >= 0.3 is 0 Å².